The Morgan fingerprint density at radius 1 is 0.933 bits per heavy atom. The number of hydrogen-bond donors (Lipinski definition) is 0. The Labute approximate surface area is 169 Å². The third-order valence-corrected chi connectivity index (χ3v) is 5.51. The normalized spacial score (nSPS) is 16.4. The Balaban J connectivity index is 1.95. The summed E-state index contributed by atoms with van der Waals surface area (Å²) < 4.78 is 75.1. The van der Waals surface area contributed by atoms with Gasteiger partial charge in [-0.15, -0.1) is 0 Å². The molecule has 0 fully saturated rings. The molecule has 11 heteroatoms. The molecule has 7 nitrogen and oxygen atoms in total. The highest BCUT2D eigenvalue weighted by atomic mass is 32.2. The minimum absolute atomic E-state index is 0.0713. The zero-order valence-corrected chi connectivity index (χ0v) is 16.5. The van der Waals surface area contributed by atoms with Gasteiger partial charge in [-0.05, 0) is 30.2 Å². The number of fused-ring (bicyclic) bond motifs is 1. The minimum Gasteiger partial charge on any atom is -0.493 e. The summed E-state index contributed by atoms with van der Waals surface area (Å²) in [6.07, 6.45) is -0.0713. The van der Waals surface area contributed by atoms with E-state index in [1.165, 1.54) is 20.3 Å². The van der Waals surface area contributed by atoms with E-state index in [4.69, 9.17) is 9.47 Å². The molecule has 0 saturated carbocycles. The van der Waals surface area contributed by atoms with Gasteiger partial charge in [0.25, 0.3) is 0 Å². The van der Waals surface area contributed by atoms with Gasteiger partial charge in [0.2, 0.25) is 0 Å². The zero-order valence-electron chi connectivity index (χ0n) is 15.6. The Kier molecular flexibility index (Phi) is 5.50. The van der Waals surface area contributed by atoms with Crippen LogP contribution in [0.4, 0.5) is 13.2 Å². The lowest BCUT2D eigenvalue weighted by Gasteiger charge is -2.12. The molecule has 1 aliphatic rings. The van der Waals surface area contributed by atoms with Crippen molar-refractivity contribution in [3.8, 4) is 17.2 Å². The Morgan fingerprint density at radius 2 is 1.60 bits per heavy atom. The van der Waals surface area contributed by atoms with E-state index >= 15 is 0 Å². The topological polar surface area (TPSA) is 96.0 Å². The van der Waals surface area contributed by atoms with Crippen LogP contribution in [0, 0.1) is 5.92 Å². The first-order valence-corrected chi connectivity index (χ1v) is 9.84. The Morgan fingerprint density at radius 3 is 2.20 bits per heavy atom. The highest BCUT2D eigenvalue weighted by molar-refractivity contribution is 7.88. The molecule has 0 heterocycles. The first kappa shape index (κ1) is 21.6. The first-order valence-electron chi connectivity index (χ1n) is 8.43. The molecule has 1 unspecified atom stereocenters. The maximum atomic E-state index is 12.8. The molecule has 0 amide bonds. The molecule has 0 aliphatic heterocycles. The summed E-state index contributed by atoms with van der Waals surface area (Å²) in [5.74, 6) is -2.74. The number of methoxy groups -OCH3 is 2. The average Bonchev–Trinajstić information content (AvgIpc) is 2.92. The largest absolute Gasteiger partial charge is 0.534 e. The average molecular weight is 444 g/mol. The molecule has 2 aromatic rings. The third kappa shape index (κ3) is 3.72. The van der Waals surface area contributed by atoms with Gasteiger partial charge in [0.05, 0.1) is 25.7 Å². The number of benzene rings is 2. The minimum atomic E-state index is -6.00. The first-order chi connectivity index (χ1) is 14.0. The van der Waals surface area contributed by atoms with Gasteiger partial charge in [0.1, 0.15) is 0 Å². The van der Waals surface area contributed by atoms with Crippen LogP contribution in [0.25, 0.3) is 0 Å². The van der Waals surface area contributed by atoms with Gasteiger partial charge in [-0.2, -0.15) is 21.6 Å². The van der Waals surface area contributed by atoms with Crippen molar-refractivity contribution in [2.24, 2.45) is 5.92 Å². The lowest BCUT2D eigenvalue weighted by Crippen LogP contribution is -2.28. The van der Waals surface area contributed by atoms with Crippen LogP contribution in [0.1, 0.15) is 26.3 Å². The van der Waals surface area contributed by atoms with Crippen LogP contribution in [-0.2, 0) is 16.5 Å². The second-order valence-corrected chi connectivity index (χ2v) is 7.87. The van der Waals surface area contributed by atoms with Crippen molar-refractivity contribution in [3.63, 3.8) is 0 Å². The maximum Gasteiger partial charge on any atom is 0.534 e. The van der Waals surface area contributed by atoms with Crippen molar-refractivity contribution in [3.05, 3.63) is 53.1 Å². The molecule has 0 radical (unpaired) electrons. The van der Waals surface area contributed by atoms with Crippen molar-refractivity contribution >= 4 is 21.7 Å². The van der Waals surface area contributed by atoms with E-state index < -0.39 is 44.4 Å². The summed E-state index contributed by atoms with van der Waals surface area (Å²) >= 11 is 0. The van der Waals surface area contributed by atoms with Gasteiger partial charge in [-0.25, -0.2) is 0 Å². The van der Waals surface area contributed by atoms with Crippen LogP contribution in [0.3, 0.4) is 0 Å². The van der Waals surface area contributed by atoms with Gasteiger partial charge in [-0.3, -0.25) is 9.59 Å². The maximum absolute atomic E-state index is 12.8. The summed E-state index contributed by atoms with van der Waals surface area (Å²) in [5.41, 5.74) is -5.82. The fourth-order valence-electron chi connectivity index (χ4n) is 3.14. The molecule has 30 heavy (non-hydrogen) atoms. The molecular formula is C19H15F3O7S. The highest BCUT2D eigenvalue weighted by Crippen LogP contribution is 2.38. The van der Waals surface area contributed by atoms with Crippen LogP contribution >= 0.6 is 0 Å². The van der Waals surface area contributed by atoms with Crippen LogP contribution in [0.15, 0.2) is 36.4 Å². The second kappa shape index (κ2) is 7.63. The van der Waals surface area contributed by atoms with Gasteiger partial charge in [-0.1, -0.05) is 18.2 Å². The number of halogens is 3. The molecule has 0 saturated heterocycles. The number of Topliss-reactive ketones (excluding diaryl/α,β-unsaturated/α-hetero) is 2. The Bertz CT molecular complexity index is 1120. The van der Waals surface area contributed by atoms with E-state index in [1.54, 1.807) is 18.2 Å². The van der Waals surface area contributed by atoms with Crippen molar-refractivity contribution in [2.45, 2.75) is 11.9 Å². The van der Waals surface area contributed by atoms with Gasteiger partial charge < -0.3 is 13.7 Å². The number of hydrogen-bond acceptors (Lipinski definition) is 7. The SMILES string of the molecule is COc1ccc(CC2C(=O)c3cccc(OS(=O)(=O)C(F)(F)F)c3C2=O)cc1OC. The monoisotopic (exact) mass is 444 g/mol. The molecule has 0 spiro atoms. The fraction of sp³-hybridized carbons (Fsp3) is 0.263. The van der Waals surface area contributed by atoms with Crippen LogP contribution in [0.5, 0.6) is 17.2 Å². The van der Waals surface area contributed by atoms with Crippen LogP contribution < -0.4 is 13.7 Å². The van der Waals surface area contributed by atoms with E-state index in [-0.39, 0.29) is 12.0 Å². The lowest BCUT2D eigenvalue weighted by atomic mass is 9.94. The predicted octanol–water partition coefficient (Wildman–Crippen LogP) is 3.17. The van der Waals surface area contributed by atoms with Gasteiger partial charge >= 0.3 is 15.6 Å². The summed E-state index contributed by atoms with van der Waals surface area (Å²) in [6, 6.07) is 8.02. The van der Waals surface area contributed by atoms with E-state index in [0.29, 0.717) is 17.1 Å². The molecule has 160 valence electrons. The lowest BCUT2D eigenvalue weighted by molar-refractivity contribution is -0.0500. The fourth-order valence-corrected chi connectivity index (χ4v) is 3.60. The zero-order chi connectivity index (χ0) is 22.3. The highest BCUT2D eigenvalue weighted by Gasteiger charge is 2.50. The van der Waals surface area contributed by atoms with E-state index in [9.17, 15) is 31.2 Å². The number of ether oxygens (including phenoxy) is 2. The number of rotatable bonds is 6. The van der Waals surface area contributed by atoms with Gasteiger partial charge in [0.15, 0.2) is 28.8 Å². The number of alkyl halides is 3. The molecule has 0 aromatic heterocycles. The van der Waals surface area contributed by atoms with Crippen molar-refractivity contribution in [1.29, 1.82) is 0 Å². The van der Waals surface area contributed by atoms with Crippen LogP contribution in [0.2, 0.25) is 0 Å². The number of carbonyl (C=O) groups excluding carboxylic acids is 2. The van der Waals surface area contributed by atoms with Crippen molar-refractivity contribution in [1.82, 2.24) is 0 Å². The van der Waals surface area contributed by atoms with Gasteiger partial charge in [0, 0.05) is 5.56 Å². The standard InChI is InChI=1S/C19H15F3O7S/c1-27-13-7-6-10(9-15(13)28-2)8-12-17(23)11-4-3-5-14(16(11)18(12)24)29-30(25,26)19(20,21)22/h3-7,9,12H,8H2,1-2H3. The summed E-state index contributed by atoms with van der Waals surface area (Å²) in [7, 11) is -3.15. The summed E-state index contributed by atoms with van der Waals surface area (Å²) in [5, 5.41) is 0. The molecule has 2 aromatic carbocycles. The smallest absolute Gasteiger partial charge is 0.493 e. The second-order valence-electron chi connectivity index (χ2n) is 6.34. The summed E-state index contributed by atoms with van der Waals surface area (Å²) in [6.45, 7) is 0. The molecule has 3 rings (SSSR count). The van der Waals surface area contributed by atoms with E-state index in [0.717, 1.165) is 12.1 Å². The van der Waals surface area contributed by atoms with Crippen molar-refractivity contribution in [2.75, 3.05) is 14.2 Å². The third-order valence-electron chi connectivity index (χ3n) is 4.54. The quantitative estimate of drug-likeness (QED) is 0.384. The van der Waals surface area contributed by atoms with E-state index in [1.807, 2.05) is 0 Å². The molecular weight excluding hydrogens is 429 g/mol. The molecule has 1 atom stereocenters. The molecule has 1 aliphatic carbocycles. The molecule has 0 bridgehead atoms. The predicted molar refractivity (Wildman–Crippen MR) is 97.4 cm³/mol. The van der Waals surface area contributed by atoms with Crippen LogP contribution in [-0.4, -0.2) is 39.7 Å². The number of carbonyl (C=O) groups is 2. The summed E-state index contributed by atoms with van der Waals surface area (Å²) in [4.78, 5) is 25.5. The Hall–Kier alpha value is -3.08. The molecule has 0 N–H and O–H groups in total. The van der Waals surface area contributed by atoms with Crippen molar-refractivity contribution < 1.29 is 44.8 Å². The van der Waals surface area contributed by atoms with E-state index in [2.05, 4.69) is 4.18 Å². The number of ketones is 2.